The lowest BCUT2D eigenvalue weighted by Crippen LogP contribution is -2.66. The van der Waals surface area contributed by atoms with Crippen LogP contribution in [0.25, 0.3) is 0 Å². The number of carbonyl (C=O) groups excluding carboxylic acids is 4. The molecule has 4 rings (SSSR count). The summed E-state index contributed by atoms with van der Waals surface area (Å²) >= 11 is 0. The zero-order valence-electron chi connectivity index (χ0n) is 24.5. The number of amides is 2. The van der Waals surface area contributed by atoms with E-state index in [0.29, 0.717) is 24.0 Å². The van der Waals surface area contributed by atoms with Crippen LogP contribution >= 0.6 is 0 Å². The van der Waals surface area contributed by atoms with E-state index in [2.05, 4.69) is 41.5 Å². The molecule has 0 bridgehead atoms. The highest BCUT2D eigenvalue weighted by Gasteiger charge is 2.77. The molecule has 1 aromatic carbocycles. The Hall–Kier alpha value is -2.52. The van der Waals surface area contributed by atoms with Crippen LogP contribution < -0.4 is 0 Å². The number of imide groups is 1. The predicted molar refractivity (Wildman–Crippen MR) is 149 cm³/mol. The molecule has 0 N–H and O–H groups in total. The molecule has 0 unspecified atom stereocenters. The molecule has 1 heterocycles. The predicted octanol–water partition coefficient (Wildman–Crippen LogP) is 5.51. The highest BCUT2D eigenvalue weighted by atomic mass is 28.4. The number of hydrogen-bond acceptors (Lipinski definition) is 7. The SMILES string of the molecule is COC(=O)C1(C(=O)OC)C[C@H](N2C(=O)c3ccccc3C2=O)[C@@H]2CCCC[C@@]21O[Si](C(C)C)(C(C)C)C(C)C. The van der Waals surface area contributed by atoms with Crippen LogP contribution in [0, 0.1) is 11.3 Å². The standard InChI is InChI=1S/C30H43NO7Si/c1-18(2)39(19(3)4,20(5)6)38-30-16-12-11-15-23(30)24(17-29(30,27(34)36-7)28(35)37-8)31-25(32)21-13-9-10-14-22(21)26(31)33/h9-10,13-14,18-20,23-24H,11-12,15-17H2,1-8H3/t23-,24-,30+/m0/s1. The molecule has 0 aromatic heterocycles. The summed E-state index contributed by atoms with van der Waals surface area (Å²) in [5.74, 6) is -2.66. The molecule has 0 radical (unpaired) electrons. The summed E-state index contributed by atoms with van der Waals surface area (Å²) in [6.45, 7) is 13.0. The van der Waals surface area contributed by atoms with Gasteiger partial charge in [-0.1, -0.05) is 66.5 Å². The van der Waals surface area contributed by atoms with Crippen molar-refractivity contribution in [2.45, 2.75) is 102 Å². The molecular formula is C30H43NO7Si. The average Bonchev–Trinajstić information content (AvgIpc) is 3.34. The van der Waals surface area contributed by atoms with Gasteiger partial charge in [0.25, 0.3) is 11.8 Å². The van der Waals surface area contributed by atoms with Crippen molar-refractivity contribution in [3.8, 4) is 0 Å². The number of ether oxygens (including phenoxy) is 2. The molecule has 2 saturated carbocycles. The van der Waals surface area contributed by atoms with Crippen LogP contribution in [0.2, 0.25) is 16.6 Å². The zero-order chi connectivity index (χ0) is 28.9. The van der Waals surface area contributed by atoms with Gasteiger partial charge in [-0.2, -0.15) is 0 Å². The van der Waals surface area contributed by atoms with Gasteiger partial charge in [-0.3, -0.25) is 24.1 Å². The Kier molecular flexibility index (Phi) is 7.91. The molecule has 2 fully saturated rings. The number of carbonyl (C=O) groups is 4. The lowest BCUT2D eigenvalue weighted by molar-refractivity contribution is -0.191. The van der Waals surface area contributed by atoms with Crippen LogP contribution in [0.5, 0.6) is 0 Å². The Balaban J connectivity index is 1.99. The second-order valence-corrected chi connectivity index (χ2v) is 17.7. The first kappa shape index (κ1) is 29.5. The summed E-state index contributed by atoms with van der Waals surface area (Å²) in [6.07, 6.45) is 2.57. The van der Waals surface area contributed by atoms with Crippen molar-refractivity contribution in [1.82, 2.24) is 4.90 Å². The van der Waals surface area contributed by atoms with E-state index < -0.39 is 55.0 Å². The summed E-state index contributed by atoms with van der Waals surface area (Å²) in [4.78, 5) is 56.6. The van der Waals surface area contributed by atoms with Crippen molar-refractivity contribution in [2.75, 3.05) is 14.2 Å². The highest BCUT2D eigenvalue weighted by Crippen LogP contribution is 2.64. The van der Waals surface area contributed by atoms with Gasteiger partial charge in [-0.15, -0.1) is 0 Å². The van der Waals surface area contributed by atoms with Crippen LogP contribution in [0.4, 0.5) is 0 Å². The Bertz CT molecular complexity index is 1090. The smallest absolute Gasteiger partial charge is 0.326 e. The quantitative estimate of drug-likeness (QED) is 0.180. The number of methoxy groups -OCH3 is 2. The lowest BCUT2D eigenvalue weighted by atomic mass is 9.65. The molecule has 0 spiro atoms. The number of esters is 2. The van der Waals surface area contributed by atoms with Gasteiger partial charge >= 0.3 is 11.9 Å². The van der Waals surface area contributed by atoms with Crippen LogP contribution in [-0.4, -0.2) is 62.8 Å². The molecule has 8 nitrogen and oxygen atoms in total. The molecule has 2 amide bonds. The fourth-order valence-corrected chi connectivity index (χ4v) is 14.2. The van der Waals surface area contributed by atoms with Crippen molar-refractivity contribution in [1.29, 1.82) is 0 Å². The van der Waals surface area contributed by atoms with E-state index in [4.69, 9.17) is 13.9 Å². The molecule has 1 aliphatic heterocycles. The third-order valence-electron chi connectivity index (χ3n) is 9.91. The molecule has 1 aromatic rings. The van der Waals surface area contributed by atoms with Gasteiger partial charge in [-0.05, 0) is 48.0 Å². The van der Waals surface area contributed by atoms with Gasteiger partial charge in [-0.25, -0.2) is 0 Å². The number of fused-ring (bicyclic) bond motifs is 2. The van der Waals surface area contributed by atoms with E-state index in [1.54, 1.807) is 24.3 Å². The third kappa shape index (κ3) is 3.94. The van der Waals surface area contributed by atoms with E-state index in [-0.39, 0.29) is 23.0 Å². The number of rotatable bonds is 8. The minimum atomic E-state index is -2.69. The normalized spacial score (nSPS) is 26.3. The largest absolute Gasteiger partial charge is 0.468 e. The third-order valence-corrected chi connectivity index (χ3v) is 16.0. The number of hydrogen-bond donors (Lipinski definition) is 0. The second kappa shape index (κ2) is 10.5. The summed E-state index contributed by atoms with van der Waals surface area (Å²) in [6, 6.07) is 6.05. The Morgan fingerprint density at radius 1 is 0.872 bits per heavy atom. The minimum Gasteiger partial charge on any atom is -0.468 e. The maximum Gasteiger partial charge on any atom is 0.326 e. The van der Waals surface area contributed by atoms with Crippen molar-refractivity contribution < 1.29 is 33.1 Å². The fraction of sp³-hybridized carbons (Fsp3) is 0.667. The molecule has 0 saturated heterocycles. The topological polar surface area (TPSA) is 99.2 Å². The summed E-state index contributed by atoms with van der Waals surface area (Å²) < 4.78 is 18.3. The minimum absolute atomic E-state index is 0.0821. The van der Waals surface area contributed by atoms with E-state index >= 15 is 0 Å². The first-order valence-electron chi connectivity index (χ1n) is 14.2. The maximum atomic E-state index is 14.0. The lowest BCUT2D eigenvalue weighted by Gasteiger charge is -2.56. The highest BCUT2D eigenvalue weighted by molar-refractivity contribution is 6.77. The van der Waals surface area contributed by atoms with Gasteiger partial charge in [0.05, 0.1) is 30.9 Å². The van der Waals surface area contributed by atoms with Crippen LogP contribution in [0.15, 0.2) is 24.3 Å². The Labute approximate surface area is 232 Å². The van der Waals surface area contributed by atoms with Gasteiger partial charge in [0.2, 0.25) is 8.32 Å². The summed E-state index contributed by atoms with van der Waals surface area (Å²) in [5, 5.41) is 0. The fourth-order valence-electron chi connectivity index (χ4n) is 8.44. The van der Waals surface area contributed by atoms with Crippen molar-refractivity contribution in [3.05, 3.63) is 35.4 Å². The molecule has 3 atom stereocenters. The van der Waals surface area contributed by atoms with Crippen molar-refractivity contribution in [3.63, 3.8) is 0 Å². The van der Waals surface area contributed by atoms with Crippen molar-refractivity contribution >= 4 is 32.1 Å². The van der Waals surface area contributed by atoms with Crippen LogP contribution in [0.1, 0.15) is 94.4 Å². The Morgan fingerprint density at radius 2 is 1.36 bits per heavy atom. The summed E-state index contributed by atoms with van der Waals surface area (Å²) in [5.41, 5.74) is -1.85. The zero-order valence-corrected chi connectivity index (χ0v) is 25.5. The summed E-state index contributed by atoms with van der Waals surface area (Å²) in [7, 11) is -0.147. The van der Waals surface area contributed by atoms with Crippen molar-refractivity contribution in [2.24, 2.45) is 11.3 Å². The first-order chi connectivity index (χ1) is 18.4. The maximum absolute atomic E-state index is 14.0. The Morgan fingerprint density at radius 3 is 1.79 bits per heavy atom. The van der Waals surface area contributed by atoms with E-state index in [9.17, 15) is 19.2 Å². The molecule has 9 heteroatoms. The molecular weight excluding hydrogens is 514 g/mol. The van der Waals surface area contributed by atoms with Gasteiger partial charge in [0.15, 0.2) is 5.41 Å². The molecule has 39 heavy (non-hydrogen) atoms. The van der Waals surface area contributed by atoms with E-state index in [1.165, 1.54) is 19.1 Å². The van der Waals surface area contributed by atoms with E-state index in [1.807, 2.05) is 0 Å². The van der Waals surface area contributed by atoms with Gasteiger partial charge < -0.3 is 13.9 Å². The second-order valence-electron chi connectivity index (χ2n) is 12.3. The van der Waals surface area contributed by atoms with Crippen LogP contribution in [0.3, 0.4) is 0 Å². The van der Waals surface area contributed by atoms with Gasteiger partial charge in [0.1, 0.15) is 0 Å². The molecule has 3 aliphatic rings. The molecule has 2 aliphatic carbocycles. The van der Waals surface area contributed by atoms with Crippen LogP contribution in [-0.2, 0) is 23.5 Å². The first-order valence-corrected chi connectivity index (χ1v) is 16.3. The average molecular weight is 558 g/mol. The number of benzene rings is 1. The molecule has 214 valence electrons. The monoisotopic (exact) mass is 557 g/mol. The van der Waals surface area contributed by atoms with E-state index in [0.717, 1.165) is 12.8 Å². The number of nitrogens with zero attached hydrogens (tertiary/aromatic N) is 1. The van der Waals surface area contributed by atoms with Gasteiger partial charge in [0, 0.05) is 12.0 Å².